The molecule has 0 radical (unpaired) electrons. The Morgan fingerprint density at radius 3 is 1.78 bits per heavy atom. The number of hydrogen-bond donors (Lipinski definition) is 0. The smallest absolute Gasteiger partial charge is 0.305 e. The van der Waals surface area contributed by atoms with E-state index in [9.17, 15) is 4.57 Å². The molecule has 0 amide bonds. The average Bonchev–Trinajstić information content (AvgIpc) is 2.68. The maximum atomic E-state index is 13.8. The zero-order chi connectivity index (χ0) is 20.0. The van der Waals surface area contributed by atoms with E-state index in [1.165, 1.54) is 5.56 Å². The van der Waals surface area contributed by atoms with Crippen molar-refractivity contribution in [3.8, 4) is 0 Å². The summed E-state index contributed by atoms with van der Waals surface area (Å²) in [4.78, 5) is 0. The van der Waals surface area contributed by atoms with E-state index < -0.39 is 7.67 Å². The van der Waals surface area contributed by atoms with Gasteiger partial charge in [0.05, 0.1) is 6.61 Å². The monoisotopic (exact) mass is 494 g/mol. The number of halogens is 4. The van der Waals surface area contributed by atoms with Crippen molar-refractivity contribution in [3.63, 3.8) is 0 Å². The number of alkyl halides is 4. The van der Waals surface area contributed by atoms with Gasteiger partial charge >= 0.3 is 7.67 Å². The molecule has 0 aliphatic carbocycles. The van der Waals surface area contributed by atoms with Crippen LogP contribution in [0.4, 0.5) is 0 Å². The van der Waals surface area contributed by atoms with Crippen LogP contribution in [0.2, 0.25) is 0 Å². The zero-order valence-electron chi connectivity index (χ0n) is 15.2. The highest BCUT2D eigenvalue weighted by atomic mass is 35.5. The molecule has 0 fully saturated rings. The van der Waals surface area contributed by atoms with Crippen molar-refractivity contribution in [1.29, 1.82) is 0 Å². The first-order valence-corrected chi connectivity index (χ1v) is 13.6. The van der Waals surface area contributed by atoms with Crippen LogP contribution >= 0.6 is 65.8 Å². The summed E-state index contributed by atoms with van der Waals surface area (Å²) in [6.45, 7) is 2.04. The van der Waals surface area contributed by atoms with Crippen LogP contribution in [-0.4, -0.2) is 71.4 Å². The van der Waals surface area contributed by atoms with Crippen LogP contribution in [0.25, 0.3) is 0 Å². The van der Waals surface area contributed by atoms with Crippen LogP contribution in [0.15, 0.2) is 30.3 Å². The van der Waals surface area contributed by atoms with Gasteiger partial charge in [0.15, 0.2) is 0 Å². The van der Waals surface area contributed by atoms with Crippen LogP contribution in [0, 0.1) is 0 Å². The molecule has 0 atom stereocenters. The number of nitrogens with zero attached hydrogens (tertiary/aromatic N) is 2. The molecule has 1 rings (SSSR count). The molecule has 0 saturated heterocycles. The molecule has 0 spiro atoms. The second-order valence-electron chi connectivity index (χ2n) is 5.53. The molecule has 27 heavy (non-hydrogen) atoms. The van der Waals surface area contributed by atoms with Crippen molar-refractivity contribution in [1.82, 2.24) is 9.34 Å². The predicted octanol–water partition coefficient (Wildman–Crippen LogP) is 5.60. The number of benzene rings is 1. The number of thioether (sulfide) groups is 1. The lowest BCUT2D eigenvalue weighted by atomic mass is 10.2. The lowest BCUT2D eigenvalue weighted by molar-refractivity contribution is 0.226. The Balaban J connectivity index is 2.72. The summed E-state index contributed by atoms with van der Waals surface area (Å²) in [5.41, 5.74) is 1.25. The summed E-state index contributed by atoms with van der Waals surface area (Å²) in [5.74, 6) is 2.95. The van der Waals surface area contributed by atoms with Crippen molar-refractivity contribution in [2.24, 2.45) is 0 Å². The third kappa shape index (κ3) is 9.46. The van der Waals surface area contributed by atoms with Crippen molar-refractivity contribution in [3.05, 3.63) is 35.9 Å². The van der Waals surface area contributed by atoms with E-state index in [1.54, 1.807) is 21.1 Å². The molecule has 156 valence electrons. The summed E-state index contributed by atoms with van der Waals surface area (Å²) in [5, 5.41) is 0. The SMILES string of the molecule is O=P(OCCSCc1ccccc1)(N(CCCl)CCCl)N(CCCl)CCCl. The molecule has 0 aromatic heterocycles. The van der Waals surface area contributed by atoms with E-state index in [0.717, 1.165) is 11.5 Å². The van der Waals surface area contributed by atoms with Gasteiger partial charge in [0.2, 0.25) is 0 Å². The second-order valence-corrected chi connectivity index (χ2v) is 10.5. The van der Waals surface area contributed by atoms with Gasteiger partial charge < -0.3 is 4.52 Å². The second kappa shape index (κ2) is 15.6. The third-order valence-electron chi connectivity index (χ3n) is 3.68. The first kappa shape index (κ1) is 25.9. The van der Waals surface area contributed by atoms with Crippen LogP contribution in [-0.2, 0) is 14.8 Å². The fourth-order valence-corrected chi connectivity index (χ4v) is 7.05. The van der Waals surface area contributed by atoms with Crippen LogP contribution in [0.1, 0.15) is 5.56 Å². The van der Waals surface area contributed by atoms with E-state index in [-0.39, 0.29) is 0 Å². The normalized spacial score (nSPS) is 12.2. The van der Waals surface area contributed by atoms with Crippen LogP contribution in [0.5, 0.6) is 0 Å². The van der Waals surface area contributed by atoms with Crippen molar-refractivity contribution in [2.75, 3.05) is 62.1 Å². The molecular formula is C17H27Cl4N2O2PS. The Morgan fingerprint density at radius 2 is 1.33 bits per heavy atom. The minimum atomic E-state index is -3.30. The van der Waals surface area contributed by atoms with Gasteiger partial charge in [-0.3, -0.25) is 4.57 Å². The Kier molecular flexibility index (Phi) is 15.0. The summed E-state index contributed by atoms with van der Waals surface area (Å²) in [7, 11) is -3.30. The molecule has 0 unspecified atom stereocenters. The molecule has 0 saturated carbocycles. The molecule has 10 heteroatoms. The van der Waals surface area contributed by atoms with E-state index in [2.05, 4.69) is 12.1 Å². The van der Waals surface area contributed by atoms with Gasteiger partial charge in [-0.15, -0.1) is 46.4 Å². The largest absolute Gasteiger partial charge is 0.346 e. The molecule has 0 aliphatic heterocycles. The fourth-order valence-electron chi connectivity index (χ4n) is 2.44. The highest BCUT2D eigenvalue weighted by Crippen LogP contribution is 2.54. The summed E-state index contributed by atoms with van der Waals surface area (Å²) < 4.78 is 23.2. The quantitative estimate of drug-likeness (QED) is 0.169. The van der Waals surface area contributed by atoms with Crippen LogP contribution < -0.4 is 0 Å². The first-order chi connectivity index (χ1) is 13.1. The summed E-state index contributed by atoms with van der Waals surface area (Å²) in [6.07, 6.45) is 0. The minimum Gasteiger partial charge on any atom is -0.305 e. The molecule has 1 aromatic carbocycles. The molecule has 1 aromatic rings. The zero-order valence-corrected chi connectivity index (χ0v) is 20.0. The third-order valence-corrected chi connectivity index (χ3v) is 8.10. The van der Waals surface area contributed by atoms with Gasteiger partial charge in [-0.25, -0.2) is 9.34 Å². The Hall–Kier alpha value is 0.840. The average molecular weight is 496 g/mol. The molecular weight excluding hydrogens is 469 g/mol. The van der Waals surface area contributed by atoms with Gasteiger partial charge in [0.1, 0.15) is 0 Å². The standard InChI is InChI=1S/C17H27Cl4N2O2PS/c18-6-10-22(11-7-19)26(24,23(12-8-20)13-9-21)25-14-15-27-16-17-4-2-1-3-5-17/h1-5H,6-16H2. The highest BCUT2D eigenvalue weighted by molar-refractivity contribution is 7.98. The number of rotatable bonds is 16. The van der Waals surface area contributed by atoms with E-state index in [4.69, 9.17) is 50.9 Å². The van der Waals surface area contributed by atoms with Gasteiger partial charge in [-0.1, -0.05) is 30.3 Å². The minimum absolute atomic E-state index is 0.336. The van der Waals surface area contributed by atoms with Crippen molar-refractivity contribution < 1.29 is 9.09 Å². The first-order valence-electron chi connectivity index (χ1n) is 8.73. The van der Waals surface area contributed by atoms with Gasteiger partial charge in [0, 0.05) is 61.2 Å². The van der Waals surface area contributed by atoms with E-state index in [0.29, 0.717) is 56.3 Å². The molecule has 4 nitrogen and oxygen atoms in total. The molecule has 0 bridgehead atoms. The molecule has 0 N–H and O–H groups in total. The fraction of sp³-hybridized carbons (Fsp3) is 0.647. The van der Waals surface area contributed by atoms with Gasteiger partial charge in [-0.2, -0.15) is 11.8 Å². The maximum absolute atomic E-state index is 13.8. The summed E-state index contributed by atoms with van der Waals surface area (Å²) >= 11 is 25.4. The van der Waals surface area contributed by atoms with Gasteiger partial charge in [-0.05, 0) is 5.56 Å². The Bertz CT molecular complexity index is 513. The van der Waals surface area contributed by atoms with Crippen molar-refractivity contribution >= 4 is 65.8 Å². The predicted molar refractivity (Wildman–Crippen MR) is 122 cm³/mol. The topological polar surface area (TPSA) is 32.8 Å². The Morgan fingerprint density at radius 1 is 0.852 bits per heavy atom. The maximum Gasteiger partial charge on any atom is 0.346 e. The van der Waals surface area contributed by atoms with Crippen molar-refractivity contribution in [2.45, 2.75) is 5.75 Å². The van der Waals surface area contributed by atoms with Crippen LogP contribution in [0.3, 0.4) is 0 Å². The van der Waals surface area contributed by atoms with Gasteiger partial charge in [0.25, 0.3) is 0 Å². The lowest BCUT2D eigenvalue weighted by Crippen LogP contribution is -2.37. The summed E-state index contributed by atoms with van der Waals surface area (Å²) in [6, 6.07) is 10.2. The van der Waals surface area contributed by atoms with E-state index >= 15 is 0 Å². The van der Waals surface area contributed by atoms with E-state index in [1.807, 2.05) is 18.2 Å². The molecule has 0 aliphatic rings. The molecule has 0 heterocycles. The lowest BCUT2D eigenvalue weighted by Gasteiger charge is -2.37. The Labute approximate surface area is 187 Å². The number of hydrogen-bond acceptors (Lipinski definition) is 3. The highest BCUT2D eigenvalue weighted by Gasteiger charge is 2.37.